The first-order chi connectivity index (χ1) is 11.8. The van der Waals surface area contributed by atoms with Gasteiger partial charge >= 0.3 is 0 Å². The van der Waals surface area contributed by atoms with Crippen LogP contribution in [-0.4, -0.2) is 25.8 Å². The van der Waals surface area contributed by atoms with E-state index in [4.69, 9.17) is 0 Å². The maximum atomic E-state index is 9.21. The molecular weight excluding hydrogens is 300 g/mol. The second-order valence-electron chi connectivity index (χ2n) is 5.81. The Morgan fingerprint density at radius 2 is 2.00 bits per heavy atom. The molecule has 1 aliphatic heterocycles. The van der Waals surface area contributed by atoms with E-state index in [1.807, 2.05) is 30.3 Å². The van der Waals surface area contributed by atoms with Gasteiger partial charge in [-0.2, -0.15) is 5.26 Å². The Hall–Kier alpha value is -3.20. The molecule has 118 valence electrons. The van der Waals surface area contributed by atoms with Crippen LogP contribution < -0.4 is 5.32 Å². The van der Waals surface area contributed by atoms with Crippen molar-refractivity contribution in [2.75, 3.05) is 5.32 Å². The second-order valence-corrected chi connectivity index (χ2v) is 5.81. The van der Waals surface area contributed by atoms with E-state index < -0.39 is 0 Å². The molecule has 2 aromatic heterocycles. The lowest BCUT2D eigenvalue weighted by molar-refractivity contribution is 0.478. The first kappa shape index (κ1) is 14.4. The zero-order valence-corrected chi connectivity index (χ0v) is 13.1. The third-order valence-electron chi connectivity index (χ3n) is 4.25. The average molecular weight is 316 g/mol. The molecule has 0 radical (unpaired) electrons. The Kier molecular flexibility index (Phi) is 3.67. The lowest BCUT2D eigenvalue weighted by Gasteiger charge is -2.26. The van der Waals surface area contributed by atoms with E-state index in [9.17, 15) is 5.26 Å². The number of nitriles is 1. The fourth-order valence-electron chi connectivity index (χ4n) is 3.05. The number of fused-ring (bicyclic) bond motifs is 1. The van der Waals surface area contributed by atoms with Crippen molar-refractivity contribution >= 4 is 5.82 Å². The van der Waals surface area contributed by atoms with Gasteiger partial charge < -0.3 is 9.88 Å². The molecule has 0 saturated carbocycles. The van der Waals surface area contributed by atoms with Crippen LogP contribution in [-0.2, 0) is 13.0 Å². The van der Waals surface area contributed by atoms with Crippen molar-refractivity contribution in [1.29, 1.82) is 5.26 Å². The minimum absolute atomic E-state index is 0.193. The summed E-state index contributed by atoms with van der Waals surface area (Å²) in [4.78, 5) is 4.29. The van der Waals surface area contributed by atoms with Crippen molar-refractivity contribution in [1.82, 2.24) is 19.7 Å². The maximum Gasteiger partial charge on any atom is 0.164 e. The van der Waals surface area contributed by atoms with Gasteiger partial charge in [0.05, 0.1) is 5.56 Å². The number of aryl methyl sites for hydroxylation is 1. The number of hydrogen-bond acceptors (Lipinski definition) is 5. The van der Waals surface area contributed by atoms with Crippen molar-refractivity contribution in [2.45, 2.75) is 25.4 Å². The number of hydrogen-bond donors (Lipinski definition) is 1. The van der Waals surface area contributed by atoms with E-state index in [1.165, 1.54) is 0 Å². The molecule has 0 fully saturated rings. The number of pyridine rings is 1. The van der Waals surface area contributed by atoms with Crippen molar-refractivity contribution in [3.05, 3.63) is 60.0 Å². The van der Waals surface area contributed by atoms with Gasteiger partial charge in [0.15, 0.2) is 5.82 Å². The maximum absolute atomic E-state index is 9.21. The molecule has 4 rings (SSSR count). The normalized spacial score (nSPS) is 16.2. The monoisotopic (exact) mass is 316 g/mol. The van der Waals surface area contributed by atoms with Crippen LogP contribution in [0.25, 0.3) is 11.4 Å². The first-order valence-corrected chi connectivity index (χ1v) is 7.94. The number of anilines is 1. The molecule has 1 atom stereocenters. The molecule has 1 unspecified atom stereocenters. The van der Waals surface area contributed by atoms with Crippen molar-refractivity contribution in [3.63, 3.8) is 0 Å². The molecule has 0 bridgehead atoms. The largest absolute Gasteiger partial charge is 0.364 e. The van der Waals surface area contributed by atoms with E-state index in [0.29, 0.717) is 11.4 Å². The van der Waals surface area contributed by atoms with E-state index in [2.05, 4.69) is 31.1 Å². The van der Waals surface area contributed by atoms with Gasteiger partial charge in [-0.15, -0.1) is 10.2 Å². The molecule has 1 aliphatic rings. The third kappa shape index (κ3) is 2.61. The summed E-state index contributed by atoms with van der Waals surface area (Å²) < 4.78 is 2.16. The van der Waals surface area contributed by atoms with E-state index in [1.54, 1.807) is 18.3 Å². The molecule has 0 saturated heterocycles. The van der Waals surface area contributed by atoms with E-state index in [0.717, 1.165) is 36.6 Å². The predicted octanol–water partition coefficient (Wildman–Crippen LogP) is 2.64. The van der Waals surface area contributed by atoms with Crippen LogP contribution in [0.1, 0.15) is 17.8 Å². The smallest absolute Gasteiger partial charge is 0.164 e. The molecule has 0 aliphatic carbocycles. The quantitative estimate of drug-likeness (QED) is 0.803. The van der Waals surface area contributed by atoms with Crippen molar-refractivity contribution in [2.24, 2.45) is 0 Å². The Morgan fingerprint density at radius 3 is 2.83 bits per heavy atom. The van der Waals surface area contributed by atoms with Crippen LogP contribution in [0.2, 0.25) is 0 Å². The van der Waals surface area contributed by atoms with E-state index >= 15 is 0 Å². The van der Waals surface area contributed by atoms with Gasteiger partial charge in [0.2, 0.25) is 0 Å². The fourth-order valence-corrected chi connectivity index (χ4v) is 3.05. The zero-order valence-electron chi connectivity index (χ0n) is 13.1. The molecule has 3 heterocycles. The molecule has 0 spiro atoms. The summed E-state index contributed by atoms with van der Waals surface area (Å²) in [6.45, 7) is 0.758. The van der Waals surface area contributed by atoms with Crippen LogP contribution in [0, 0.1) is 11.3 Å². The second kappa shape index (κ2) is 6.13. The number of rotatable bonds is 3. The molecular formula is C18H16N6. The van der Waals surface area contributed by atoms with Crippen LogP contribution in [0.15, 0.2) is 48.7 Å². The van der Waals surface area contributed by atoms with Crippen LogP contribution in [0.5, 0.6) is 0 Å². The lowest BCUT2D eigenvalue weighted by atomic mass is 10.1. The highest BCUT2D eigenvalue weighted by atomic mass is 15.3. The van der Waals surface area contributed by atoms with Gasteiger partial charge in [-0.05, 0) is 18.6 Å². The molecule has 1 aromatic carbocycles. The number of aromatic nitrogens is 4. The minimum atomic E-state index is 0.193. The van der Waals surface area contributed by atoms with Gasteiger partial charge in [-0.25, -0.2) is 4.98 Å². The molecule has 0 amide bonds. The summed E-state index contributed by atoms with van der Waals surface area (Å²) in [5, 5.41) is 21.3. The molecule has 24 heavy (non-hydrogen) atoms. The molecule has 1 N–H and O–H groups in total. The molecule has 3 aromatic rings. The summed E-state index contributed by atoms with van der Waals surface area (Å²) in [5.41, 5.74) is 1.63. The van der Waals surface area contributed by atoms with Gasteiger partial charge in [0, 0.05) is 30.8 Å². The van der Waals surface area contributed by atoms with Gasteiger partial charge in [0.25, 0.3) is 0 Å². The third-order valence-corrected chi connectivity index (χ3v) is 4.25. The summed E-state index contributed by atoms with van der Waals surface area (Å²) in [6, 6.07) is 16.0. The Balaban J connectivity index is 1.60. The highest BCUT2D eigenvalue weighted by Gasteiger charge is 2.24. The van der Waals surface area contributed by atoms with Gasteiger partial charge in [-0.1, -0.05) is 30.3 Å². The first-order valence-electron chi connectivity index (χ1n) is 7.94. The summed E-state index contributed by atoms with van der Waals surface area (Å²) in [6.07, 6.45) is 3.49. The number of nitrogens with zero attached hydrogens (tertiary/aromatic N) is 5. The number of benzene rings is 1. The van der Waals surface area contributed by atoms with Crippen LogP contribution >= 0.6 is 0 Å². The lowest BCUT2D eigenvalue weighted by Crippen LogP contribution is -2.32. The molecule has 6 heteroatoms. The number of nitrogens with one attached hydrogen (secondary N) is 1. The standard InChI is InChI=1S/C18H16N6/c19-11-14-7-4-10-20-17(14)21-15-8-9-16-22-23-18(24(16)12-15)13-5-2-1-3-6-13/h1-7,10,15H,8-9,12H2,(H,20,21). The van der Waals surface area contributed by atoms with Crippen LogP contribution in [0.4, 0.5) is 5.82 Å². The van der Waals surface area contributed by atoms with Crippen molar-refractivity contribution < 1.29 is 0 Å². The zero-order chi connectivity index (χ0) is 16.4. The minimum Gasteiger partial charge on any atom is -0.364 e. The average Bonchev–Trinajstić information content (AvgIpc) is 3.06. The van der Waals surface area contributed by atoms with Gasteiger partial charge in [0.1, 0.15) is 17.7 Å². The highest BCUT2D eigenvalue weighted by molar-refractivity contribution is 5.55. The Bertz CT molecular complexity index is 893. The summed E-state index contributed by atoms with van der Waals surface area (Å²) in [5.74, 6) is 2.54. The fraction of sp³-hybridized carbons (Fsp3) is 0.222. The summed E-state index contributed by atoms with van der Waals surface area (Å²) >= 11 is 0. The Morgan fingerprint density at radius 1 is 1.12 bits per heavy atom. The Labute approximate surface area is 139 Å². The predicted molar refractivity (Wildman–Crippen MR) is 90.1 cm³/mol. The van der Waals surface area contributed by atoms with E-state index in [-0.39, 0.29) is 6.04 Å². The highest BCUT2D eigenvalue weighted by Crippen LogP contribution is 2.24. The van der Waals surface area contributed by atoms with Gasteiger partial charge in [-0.3, -0.25) is 0 Å². The van der Waals surface area contributed by atoms with Crippen LogP contribution in [0.3, 0.4) is 0 Å². The van der Waals surface area contributed by atoms with Crippen molar-refractivity contribution in [3.8, 4) is 17.5 Å². The SMILES string of the molecule is N#Cc1cccnc1NC1CCc2nnc(-c3ccccc3)n2C1. The summed E-state index contributed by atoms with van der Waals surface area (Å²) in [7, 11) is 0. The molecule has 6 nitrogen and oxygen atoms in total. The topological polar surface area (TPSA) is 79.4 Å².